The van der Waals surface area contributed by atoms with E-state index in [0.717, 1.165) is 5.66 Å². The highest BCUT2D eigenvalue weighted by Gasteiger charge is 2.27. The maximum absolute atomic E-state index is 2.33. The zero-order valence-electron chi connectivity index (χ0n) is 10.6. The zero-order valence-corrected chi connectivity index (χ0v) is 11.5. The van der Waals surface area contributed by atoms with E-state index in [1.165, 1.54) is 31.0 Å². The first-order chi connectivity index (χ1) is 8.93. The van der Waals surface area contributed by atoms with Crippen LogP contribution in [0, 0.1) is 0 Å². The van der Waals surface area contributed by atoms with Crippen molar-refractivity contribution < 1.29 is 0 Å². The van der Waals surface area contributed by atoms with Crippen molar-refractivity contribution >= 4 is 21.6 Å². The first-order valence-electron chi connectivity index (χ1n) is 6.79. The summed E-state index contributed by atoms with van der Waals surface area (Å²) in [5, 5.41) is 1.60. The maximum atomic E-state index is 2.33. The minimum absolute atomic E-state index is 0. The molecule has 1 aliphatic heterocycles. The van der Waals surface area contributed by atoms with Crippen LogP contribution < -0.4 is 5.30 Å². The van der Waals surface area contributed by atoms with Gasteiger partial charge in [0.15, 0.2) is 0 Å². The molecule has 1 heterocycles. The van der Waals surface area contributed by atoms with Gasteiger partial charge in [0.05, 0.1) is 8.41 Å². The molecule has 0 unspecified atom stereocenters. The van der Waals surface area contributed by atoms with Gasteiger partial charge in [-0.25, -0.2) is 0 Å². The summed E-state index contributed by atoms with van der Waals surface area (Å²) in [7, 11) is 0.0727. The van der Waals surface area contributed by atoms with E-state index in [0.29, 0.717) is 0 Å². The van der Waals surface area contributed by atoms with Gasteiger partial charge in [-0.15, -0.1) is 0 Å². The molecular formula is C17H22BP. The molecule has 2 aromatic carbocycles. The van der Waals surface area contributed by atoms with Crippen molar-refractivity contribution in [1.82, 2.24) is 0 Å². The Bertz CT molecular complexity index is 483. The summed E-state index contributed by atoms with van der Waals surface area (Å²) in [6.45, 7) is 0. The quantitative estimate of drug-likeness (QED) is 0.593. The third-order valence-corrected chi connectivity index (χ3v) is 6.86. The largest absolute Gasteiger partial charge is 0.0814 e. The van der Waals surface area contributed by atoms with Gasteiger partial charge in [-0.3, -0.25) is 0 Å². The van der Waals surface area contributed by atoms with Gasteiger partial charge in [-0.2, -0.15) is 0 Å². The molecule has 2 heteroatoms. The Hall–Kier alpha value is -1.07. The summed E-state index contributed by atoms with van der Waals surface area (Å²) >= 11 is 0. The minimum Gasteiger partial charge on any atom is -0.0718 e. The topological polar surface area (TPSA) is 0 Å². The number of rotatable bonds is 3. The fourth-order valence-electron chi connectivity index (χ4n) is 2.89. The predicted molar refractivity (Wildman–Crippen MR) is 91.0 cm³/mol. The second-order valence-corrected chi connectivity index (χ2v) is 7.65. The molecule has 1 aliphatic rings. The van der Waals surface area contributed by atoms with Crippen molar-refractivity contribution in [2.75, 3.05) is 6.16 Å². The van der Waals surface area contributed by atoms with Crippen LogP contribution >= 0.6 is 7.92 Å². The molecule has 0 saturated carbocycles. The van der Waals surface area contributed by atoms with E-state index in [4.69, 9.17) is 0 Å². The van der Waals surface area contributed by atoms with Crippen LogP contribution in [0.5, 0.6) is 0 Å². The molecule has 0 amide bonds. The van der Waals surface area contributed by atoms with Crippen LogP contribution in [-0.2, 0) is 6.42 Å². The van der Waals surface area contributed by atoms with Gasteiger partial charge in [0, 0.05) is 0 Å². The van der Waals surface area contributed by atoms with E-state index in [2.05, 4.69) is 60.7 Å². The summed E-state index contributed by atoms with van der Waals surface area (Å²) in [5.41, 5.74) is 2.40. The first kappa shape index (κ1) is 14.3. The molecule has 1 saturated heterocycles. The van der Waals surface area contributed by atoms with Gasteiger partial charge >= 0.3 is 0 Å². The van der Waals surface area contributed by atoms with Gasteiger partial charge < -0.3 is 0 Å². The van der Waals surface area contributed by atoms with Crippen LogP contribution in [0.15, 0.2) is 60.7 Å². The Morgan fingerprint density at radius 1 is 0.895 bits per heavy atom. The molecule has 0 N–H and O–H groups in total. The van der Waals surface area contributed by atoms with Crippen molar-refractivity contribution in [3.63, 3.8) is 0 Å². The van der Waals surface area contributed by atoms with Crippen molar-refractivity contribution in [3.8, 4) is 0 Å². The Labute approximate surface area is 119 Å². The Morgan fingerprint density at radius 2 is 1.53 bits per heavy atom. The average molecular weight is 268 g/mol. The van der Waals surface area contributed by atoms with Gasteiger partial charge in [0.2, 0.25) is 0 Å². The molecule has 0 aromatic heterocycles. The Balaban J connectivity index is 0.00000133. The van der Waals surface area contributed by atoms with E-state index in [1.807, 2.05) is 0 Å². The highest BCUT2D eigenvalue weighted by atomic mass is 31.1. The second kappa shape index (κ2) is 6.92. The lowest BCUT2D eigenvalue weighted by Gasteiger charge is -2.20. The maximum Gasteiger partial charge on any atom is 0.0814 e. The normalized spacial score (nSPS) is 21.9. The molecule has 0 aliphatic carbocycles. The van der Waals surface area contributed by atoms with E-state index < -0.39 is 0 Å². The summed E-state index contributed by atoms with van der Waals surface area (Å²) < 4.78 is 0. The van der Waals surface area contributed by atoms with E-state index in [1.54, 1.807) is 5.30 Å². The molecule has 0 radical (unpaired) electrons. The van der Waals surface area contributed by atoms with Crippen molar-refractivity contribution in [2.45, 2.75) is 24.9 Å². The standard InChI is InChI=1S/C17H19P.BH3/c1-3-8-15(9-4-1)14-17-12-7-13-18(17)16-10-5-2-6-11-16;/h1-6,8-11,17H,7,12-14H2;1H3/t17-,18+;/m1./s1. The molecule has 2 aromatic rings. The third kappa shape index (κ3) is 3.48. The lowest BCUT2D eigenvalue weighted by Crippen LogP contribution is -2.12. The summed E-state index contributed by atoms with van der Waals surface area (Å²) in [5.74, 6) is 0. The van der Waals surface area contributed by atoms with Crippen LogP contribution in [0.25, 0.3) is 0 Å². The van der Waals surface area contributed by atoms with Crippen LogP contribution in [0.2, 0.25) is 0 Å². The summed E-state index contributed by atoms with van der Waals surface area (Å²) in [6, 6.07) is 22.1. The molecule has 2 atom stereocenters. The molecule has 3 rings (SSSR count). The zero-order chi connectivity index (χ0) is 12.2. The molecule has 0 spiro atoms. The van der Waals surface area contributed by atoms with E-state index in [9.17, 15) is 0 Å². The Morgan fingerprint density at radius 3 is 2.21 bits per heavy atom. The fourth-order valence-corrected chi connectivity index (χ4v) is 5.94. The molecule has 19 heavy (non-hydrogen) atoms. The summed E-state index contributed by atoms with van der Waals surface area (Å²) in [4.78, 5) is 0. The Kier molecular flexibility index (Phi) is 5.22. The molecular weight excluding hydrogens is 246 g/mol. The highest BCUT2D eigenvalue weighted by molar-refractivity contribution is 7.66. The first-order valence-corrected chi connectivity index (χ1v) is 8.39. The van der Waals surface area contributed by atoms with E-state index >= 15 is 0 Å². The second-order valence-electron chi connectivity index (χ2n) is 5.01. The van der Waals surface area contributed by atoms with E-state index in [-0.39, 0.29) is 16.3 Å². The predicted octanol–water partition coefficient (Wildman–Crippen LogP) is 3.02. The smallest absolute Gasteiger partial charge is 0.0718 e. The fraction of sp³-hybridized carbons (Fsp3) is 0.294. The monoisotopic (exact) mass is 268 g/mol. The minimum atomic E-state index is 0. The molecule has 0 bridgehead atoms. The molecule has 98 valence electrons. The molecule has 0 nitrogen and oxygen atoms in total. The van der Waals surface area contributed by atoms with Gasteiger partial charge in [0.25, 0.3) is 0 Å². The molecule has 1 fully saturated rings. The third-order valence-electron chi connectivity index (χ3n) is 3.78. The van der Waals surface area contributed by atoms with Crippen LogP contribution in [-0.4, -0.2) is 20.2 Å². The number of hydrogen-bond acceptors (Lipinski definition) is 0. The van der Waals surface area contributed by atoms with Crippen molar-refractivity contribution in [2.24, 2.45) is 0 Å². The average Bonchev–Trinajstić information content (AvgIpc) is 2.89. The van der Waals surface area contributed by atoms with Crippen molar-refractivity contribution in [3.05, 3.63) is 66.2 Å². The lowest BCUT2D eigenvalue weighted by molar-refractivity contribution is 0.774. The van der Waals surface area contributed by atoms with Crippen LogP contribution in [0.3, 0.4) is 0 Å². The van der Waals surface area contributed by atoms with Crippen molar-refractivity contribution in [1.29, 1.82) is 0 Å². The van der Waals surface area contributed by atoms with Gasteiger partial charge in [-0.1, -0.05) is 68.6 Å². The summed E-state index contributed by atoms with van der Waals surface area (Å²) in [6.07, 6.45) is 5.52. The SMILES string of the molecule is B.c1ccc(C[C@H]2CCC[P@@]2c2ccccc2)cc1. The van der Waals surface area contributed by atoms with Gasteiger partial charge in [0.1, 0.15) is 0 Å². The highest BCUT2D eigenvalue weighted by Crippen LogP contribution is 2.50. The van der Waals surface area contributed by atoms with Crippen LogP contribution in [0.1, 0.15) is 18.4 Å². The van der Waals surface area contributed by atoms with Gasteiger partial charge in [-0.05, 0) is 42.0 Å². The lowest BCUT2D eigenvalue weighted by atomic mass is 10.1. The number of hydrogen-bond donors (Lipinski definition) is 0. The van der Waals surface area contributed by atoms with Crippen LogP contribution in [0.4, 0.5) is 0 Å². The number of benzene rings is 2.